The van der Waals surface area contributed by atoms with Crippen molar-refractivity contribution in [3.63, 3.8) is 0 Å². The summed E-state index contributed by atoms with van der Waals surface area (Å²) in [5.74, 6) is 0. The van der Waals surface area contributed by atoms with Crippen molar-refractivity contribution < 1.29 is 0 Å². The quantitative estimate of drug-likeness (QED) is 0.650. The number of hydrogen-bond donors (Lipinski definition) is 0. The van der Waals surface area contributed by atoms with E-state index in [9.17, 15) is 0 Å². The fraction of sp³-hybridized carbons (Fsp3) is 0.727. The smallest absolute Gasteiger partial charge is 0.0628 e. The standard InChI is InChI=1S/C11H20N2/c1-7-10-8(2)12-13(9(10)3)11(4,5)6/h7H2,1-6H3. The minimum Gasteiger partial charge on any atom is -0.264 e. The highest BCUT2D eigenvalue weighted by Gasteiger charge is 2.19. The van der Waals surface area contributed by atoms with Gasteiger partial charge in [0.2, 0.25) is 0 Å². The molecule has 0 spiro atoms. The minimum atomic E-state index is 0.0995. The lowest BCUT2D eigenvalue weighted by atomic mass is 10.1. The summed E-state index contributed by atoms with van der Waals surface area (Å²) in [6.07, 6.45) is 1.08. The van der Waals surface area contributed by atoms with E-state index >= 15 is 0 Å². The van der Waals surface area contributed by atoms with Crippen molar-refractivity contribution in [2.24, 2.45) is 0 Å². The molecule has 2 heteroatoms. The zero-order valence-corrected chi connectivity index (χ0v) is 9.60. The van der Waals surface area contributed by atoms with Gasteiger partial charge in [-0.25, -0.2) is 0 Å². The fourth-order valence-corrected chi connectivity index (χ4v) is 1.84. The molecule has 1 aromatic rings. The lowest BCUT2D eigenvalue weighted by Gasteiger charge is -2.21. The summed E-state index contributed by atoms with van der Waals surface area (Å²) in [6.45, 7) is 13.0. The Morgan fingerprint density at radius 1 is 1.23 bits per heavy atom. The first-order valence-corrected chi connectivity index (χ1v) is 4.93. The predicted octanol–water partition coefficient (Wildman–Crippen LogP) is 2.82. The number of rotatable bonds is 1. The van der Waals surface area contributed by atoms with E-state index in [0.717, 1.165) is 6.42 Å². The molecule has 0 aliphatic heterocycles. The Balaban J connectivity index is 3.26. The maximum atomic E-state index is 4.57. The first-order valence-electron chi connectivity index (χ1n) is 4.93. The van der Waals surface area contributed by atoms with Gasteiger partial charge in [0.15, 0.2) is 0 Å². The molecule has 74 valence electrons. The third-order valence-electron chi connectivity index (χ3n) is 2.43. The molecule has 0 aliphatic carbocycles. The van der Waals surface area contributed by atoms with Crippen LogP contribution in [0, 0.1) is 13.8 Å². The lowest BCUT2D eigenvalue weighted by Crippen LogP contribution is -2.24. The summed E-state index contributed by atoms with van der Waals surface area (Å²) in [5, 5.41) is 4.57. The van der Waals surface area contributed by atoms with Gasteiger partial charge in [-0.05, 0) is 46.6 Å². The van der Waals surface area contributed by atoms with Crippen molar-refractivity contribution in [1.82, 2.24) is 9.78 Å². The molecule has 0 aliphatic rings. The molecular weight excluding hydrogens is 160 g/mol. The average molecular weight is 180 g/mol. The van der Waals surface area contributed by atoms with E-state index in [2.05, 4.69) is 51.3 Å². The molecule has 1 heterocycles. The summed E-state index contributed by atoms with van der Waals surface area (Å²) in [6, 6.07) is 0. The molecule has 0 unspecified atom stereocenters. The highest BCUT2D eigenvalue weighted by atomic mass is 15.3. The van der Waals surface area contributed by atoms with Gasteiger partial charge in [0.1, 0.15) is 0 Å². The first-order chi connectivity index (χ1) is 5.88. The molecule has 0 atom stereocenters. The van der Waals surface area contributed by atoms with Gasteiger partial charge in [0, 0.05) is 5.69 Å². The zero-order chi connectivity index (χ0) is 10.2. The molecule has 0 aromatic carbocycles. The van der Waals surface area contributed by atoms with Gasteiger partial charge in [0.05, 0.1) is 11.2 Å². The highest BCUT2D eigenvalue weighted by Crippen LogP contribution is 2.21. The summed E-state index contributed by atoms with van der Waals surface area (Å²) < 4.78 is 2.13. The SMILES string of the molecule is CCc1c(C)nn(C(C)(C)C)c1C. The maximum absolute atomic E-state index is 4.57. The lowest BCUT2D eigenvalue weighted by molar-refractivity contribution is 0.346. The Morgan fingerprint density at radius 2 is 1.77 bits per heavy atom. The van der Waals surface area contributed by atoms with E-state index in [4.69, 9.17) is 0 Å². The van der Waals surface area contributed by atoms with Crippen LogP contribution in [0.4, 0.5) is 0 Å². The van der Waals surface area contributed by atoms with Gasteiger partial charge < -0.3 is 0 Å². The Bertz CT molecular complexity index is 303. The Hall–Kier alpha value is -0.790. The van der Waals surface area contributed by atoms with Crippen LogP contribution >= 0.6 is 0 Å². The van der Waals surface area contributed by atoms with Gasteiger partial charge in [-0.3, -0.25) is 4.68 Å². The molecule has 0 saturated heterocycles. The molecule has 0 amide bonds. The predicted molar refractivity (Wildman–Crippen MR) is 56.1 cm³/mol. The Morgan fingerprint density at radius 3 is 2.00 bits per heavy atom. The topological polar surface area (TPSA) is 17.8 Å². The molecule has 2 nitrogen and oxygen atoms in total. The van der Waals surface area contributed by atoms with Crippen molar-refractivity contribution in [2.75, 3.05) is 0 Å². The number of nitrogens with zero attached hydrogens (tertiary/aromatic N) is 2. The Kier molecular flexibility index (Phi) is 2.51. The van der Waals surface area contributed by atoms with Gasteiger partial charge in [-0.1, -0.05) is 6.92 Å². The van der Waals surface area contributed by atoms with E-state index < -0.39 is 0 Å². The van der Waals surface area contributed by atoms with Crippen molar-refractivity contribution in [3.05, 3.63) is 17.0 Å². The third kappa shape index (κ3) is 1.77. The van der Waals surface area contributed by atoms with Crippen LogP contribution in [0.3, 0.4) is 0 Å². The molecule has 0 radical (unpaired) electrons. The normalized spacial score (nSPS) is 12.2. The second kappa shape index (κ2) is 3.17. The summed E-state index contributed by atoms with van der Waals surface area (Å²) in [4.78, 5) is 0. The highest BCUT2D eigenvalue weighted by molar-refractivity contribution is 5.25. The molecule has 0 bridgehead atoms. The van der Waals surface area contributed by atoms with Gasteiger partial charge in [-0.2, -0.15) is 5.10 Å². The van der Waals surface area contributed by atoms with Crippen LogP contribution in [0.2, 0.25) is 0 Å². The van der Waals surface area contributed by atoms with Crippen LogP contribution < -0.4 is 0 Å². The van der Waals surface area contributed by atoms with E-state index in [0.29, 0.717) is 0 Å². The average Bonchev–Trinajstić information content (AvgIpc) is 2.25. The monoisotopic (exact) mass is 180 g/mol. The van der Waals surface area contributed by atoms with Crippen LogP contribution in [0.1, 0.15) is 44.6 Å². The van der Waals surface area contributed by atoms with Gasteiger partial charge in [0.25, 0.3) is 0 Å². The molecule has 0 saturated carbocycles. The molecule has 1 rings (SSSR count). The molecule has 1 aromatic heterocycles. The maximum Gasteiger partial charge on any atom is 0.0628 e. The molecule has 0 fully saturated rings. The number of aryl methyl sites for hydroxylation is 1. The third-order valence-corrected chi connectivity index (χ3v) is 2.43. The van der Waals surface area contributed by atoms with Crippen LogP contribution in [0.25, 0.3) is 0 Å². The summed E-state index contributed by atoms with van der Waals surface area (Å²) >= 11 is 0. The van der Waals surface area contributed by atoms with Crippen LogP contribution in [0.5, 0.6) is 0 Å². The van der Waals surface area contributed by atoms with Gasteiger partial charge in [-0.15, -0.1) is 0 Å². The second-order valence-corrected chi connectivity index (χ2v) is 4.59. The second-order valence-electron chi connectivity index (χ2n) is 4.59. The summed E-state index contributed by atoms with van der Waals surface area (Å²) in [7, 11) is 0. The van der Waals surface area contributed by atoms with Crippen molar-refractivity contribution >= 4 is 0 Å². The van der Waals surface area contributed by atoms with Crippen LogP contribution in [-0.4, -0.2) is 9.78 Å². The number of aromatic nitrogens is 2. The molecule has 0 N–H and O–H groups in total. The fourth-order valence-electron chi connectivity index (χ4n) is 1.84. The summed E-state index contributed by atoms with van der Waals surface area (Å²) in [5.41, 5.74) is 3.99. The van der Waals surface area contributed by atoms with Gasteiger partial charge >= 0.3 is 0 Å². The van der Waals surface area contributed by atoms with Crippen molar-refractivity contribution in [2.45, 2.75) is 53.5 Å². The van der Waals surface area contributed by atoms with E-state index in [1.54, 1.807) is 0 Å². The molecule has 13 heavy (non-hydrogen) atoms. The molecular formula is C11H20N2. The first kappa shape index (κ1) is 10.3. The van der Waals surface area contributed by atoms with Crippen LogP contribution in [0.15, 0.2) is 0 Å². The van der Waals surface area contributed by atoms with E-state index in [-0.39, 0.29) is 5.54 Å². The van der Waals surface area contributed by atoms with E-state index in [1.165, 1.54) is 17.0 Å². The van der Waals surface area contributed by atoms with Crippen molar-refractivity contribution in [1.29, 1.82) is 0 Å². The minimum absolute atomic E-state index is 0.0995. The number of hydrogen-bond acceptors (Lipinski definition) is 1. The largest absolute Gasteiger partial charge is 0.264 e. The van der Waals surface area contributed by atoms with Crippen LogP contribution in [-0.2, 0) is 12.0 Å². The van der Waals surface area contributed by atoms with Crippen molar-refractivity contribution in [3.8, 4) is 0 Å². The Labute approximate surface area is 81.0 Å². The van der Waals surface area contributed by atoms with E-state index in [1.807, 2.05) is 0 Å². The zero-order valence-electron chi connectivity index (χ0n) is 9.60.